The van der Waals surface area contributed by atoms with Gasteiger partial charge in [-0.3, -0.25) is 14.9 Å². The fourth-order valence-corrected chi connectivity index (χ4v) is 2.80. The van der Waals surface area contributed by atoms with Gasteiger partial charge in [-0.15, -0.1) is 0 Å². The number of nitrogens with two attached hydrogens (primary N) is 1. The van der Waals surface area contributed by atoms with Crippen LogP contribution in [0.5, 0.6) is 0 Å². The molecule has 0 aliphatic rings. The summed E-state index contributed by atoms with van der Waals surface area (Å²) in [5.41, 5.74) is 7.74. The average molecular weight is 339 g/mol. The Morgan fingerprint density at radius 2 is 2.04 bits per heavy atom. The number of hydrogen-bond acceptors (Lipinski definition) is 5. The third-order valence-corrected chi connectivity index (χ3v) is 4.13. The third-order valence-electron chi connectivity index (χ3n) is 4.13. The van der Waals surface area contributed by atoms with Gasteiger partial charge in [-0.25, -0.2) is 4.98 Å². The van der Waals surface area contributed by atoms with Gasteiger partial charge in [0.05, 0.1) is 33.8 Å². The SMILES string of the molecule is CN(Cc1nc2ccccc2n1C)c1ccc([N+](=O)[O-])cc1C(N)=O. The van der Waals surface area contributed by atoms with E-state index in [0.29, 0.717) is 12.2 Å². The molecule has 0 aliphatic heterocycles. The molecule has 8 heteroatoms. The first-order chi connectivity index (χ1) is 11.9. The third kappa shape index (κ3) is 3.01. The number of nitro groups is 1. The number of imidazole rings is 1. The first-order valence-electron chi connectivity index (χ1n) is 7.58. The summed E-state index contributed by atoms with van der Waals surface area (Å²) in [6, 6.07) is 11.9. The van der Waals surface area contributed by atoms with Gasteiger partial charge in [-0.05, 0) is 18.2 Å². The summed E-state index contributed by atoms with van der Waals surface area (Å²) < 4.78 is 1.97. The Morgan fingerprint density at radius 1 is 1.32 bits per heavy atom. The largest absolute Gasteiger partial charge is 0.366 e. The van der Waals surface area contributed by atoms with Crippen LogP contribution in [0.3, 0.4) is 0 Å². The highest BCUT2D eigenvalue weighted by Gasteiger charge is 2.18. The van der Waals surface area contributed by atoms with E-state index in [0.717, 1.165) is 16.9 Å². The fraction of sp³-hybridized carbons (Fsp3) is 0.176. The molecule has 3 rings (SSSR count). The lowest BCUT2D eigenvalue weighted by atomic mass is 10.1. The molecule has 2 aromatic carbocycles. The van der Waals surface area contributed by atoms with Crippen molar-refractivity contribution in [1.82, 2.24) is 9.55 Å². The van der Waals surface area contributed by atoms with Crippen LogP contribution in [0.2, 0.25) is 0 Å². The van der Waals surface area contributed by atoms with Crippen molar-refractivity contribution in [3.63, 3.8) is 0 Å². The van der Waals surface area contributed by atoms with Crippen molar-refractivity contribution in [3.8, 4) is 0 Å². The first kappa shape index (κ1) is 16.4. The topological polar surface area (TPSA) is 107 Å². The number of benzene rings is 2. The van der Waals surface area contributed by atoms with Crippen LogP contribution in [0.1, 0.15) is 16.2 Å². The summed E-state index contributed by atoms with van der Waals surface area (Å²) in [6.45, 7) is 0.420. The lowest BCUT2D eigenvalue weighted by Crippen LogP contribution is -2.23. The van der Waals surface area contributed by atoms with E-state index in [1.807, 2.05) is 35.9 Å². The van der Waals surface area contributed by atoms with Crippen LogP contribution in [0.15, 0.2) is 42.5 Å². The quantitative estimate of drug-likeness (QED) is 0.566. The van der Waals surface area contributed by atoms with Crippen LogP contribution in [-0.2, 0) is 13.6 Å². The highest BCUT2D eigenvalue weighted by atomic mass is 16.6. The number of anilines is 1. The maximum atomic E-state index is 11.7. The monoisotopic (exact) mass is 339 g/mol. The predicted octanol–water partition coefficient (Wildman–Crippen LogP) is 2.22. The van der Waals surface area contributed by atoms with Crippen molar-refractivity contribution in [2.45, 2.75) is 6.54 Å². The van der Waals surface area contributed by atoms with E-state index in [9.17, 15) is 14.9 Å². The minimum Gasteiger partial charge on any atom is -0.366 e. The molecular formula is C17H17N5O3. The van der Waals surface area contributed by atoms with Crippen LogP contribution in [0, 0.1) is 10.1 Å². The average Bonchev–Trinajstić information content (AvgIpc) is 2.90. The van der Waals surface area contributed by atoms with Gasteiger partial charge < -0.3 is 15.2 Å². The number of nitrogens with zero attached hydrogens (tertiary/aromatic N) is 4. The second-order valence-electron chi connectivity index (χ2n) is 5.75. The number of non-ortho nitro benzene ring substituents is 1. The van der Waals surface area contributed by atoms with Crippen LogP contribution in [0.25, 0.3) is 11.0 Å². The molecule has 1 heterocycles. The van der Waals surface area contributed by atoms with Crippen LogP contribution < -0.4 is 10.6 Å². The first-order valence-corrected chi connectivity index (χ1v) is 7.58. The lowest BCUT2D eigenvalue weighted by molar-refractivity contribution is -0.384. The van der Waals surface area contributed by atoms with E-state index >= 15 is 0 Å². The summed E-state index contributed by atoms with van der Waals surface area (Å²) in [4.78, 5) is 28.5. The number of hydrogen-bond donors (Lipinski definition) is 1. The molecule has 2 N–H and O–H groups in total. The molecule has 0 fully saturated rings. The molecule has 0 atom stereocenters. The smallest absolute Gasteiger partial charge is 0.270 e. The maximum Gasteiger partial charge on any atom is 0.270 e. The van der Waals surface area contributed by atoms with E-state index in [-0.39, 0.29) is 11.3 Å². The molecule has 0 radical (unpaired) electrons. The summed E-state index contributed by atoms with van der Waals surface area (Å²) in [5.74, 6) is 0.0908. The van der Waals surface area contributed by atoms with Gasteiger partial charge in [-0.2, -0.15) is 0 Å². The van der Waals surface area contributed by atoms with E-state index in [1.54, 1.807) is 11.9 Å². The van der Waals surface area contributed by atoms with Gasteiger partial charge in [-0.1, -0.05) is 12.1 Å². The molecule has 1 amide bonds. The zero-order valence-electron chi connectivity index (χ0n) is 13.8. The Balaban J connectivity index is 1.97. The zero-order chi connectivity index (χ0) is 18.1. The number of aryl methyl sites for hydroxylation is 1. The molecule has 0 aliphatic carbocycles. The van der Waals surface area contributed by atoms with Gasteiger partial charge in [0.15, 0.2) is 0 Å². The van der Waals surface area contributed by atoms with Gasteiger partial charge in [0.25, 0.3) is 11.6 Å². The minimum absolute atomic E-state index is 0.107. The number of amides is 1. The summed E-state index contributed by atoms with van der Waals surface area (Å²) in [5, 5.41) is 10.9. The van der Waals surface area contributed by atoms with E-state index in [4.69, 9.17) is 5.73 Å². The number of primary amides is 1. The molecule has 1 aromatic heterocycles. The normalized spacial score (nSPS) is 10.8. The van der Waals surface area contributed by atoms with Crippen LogP contribution in [-0.4, -0.2) is 27.4 Å². The maximum absolute atomic E-state index is 11.7. The number of para-hydroxylation sites is 2. The Labute approximate surface area is 143 Å². The van der Waals surface area contributed by atoms with Gasteiger partial charge in [0, 0.05) is 26.2 Å². The van der Waals surface area contributed by atoms with Crippen LogP contribution in [0.4, 0.5) is 11.4 Å². The van der Waals surface area contributed by atoms with Crippen molar-refractivity contribution in [3.05, 3.63) is 64.0 Å². The molecule has 8 nitrogen and oxygen atoms in total. The Bertz CT molecular complexity index is 980. The number of aromatic nitrogens is 2. The Morgan fingerprint density at radius 3 is 2.68 bits per heavy atom. The van der Waals surface area contributed by atoms with E-state index in [1.165, 1.54) is 18.2 Å². The van der Waals surface area contributed by atoms with Crippen LogP contribution >= 0.6 is 0 Å². The molecule has 0 unspecified atom stereocenters. The molecule has 0 spiro atoms. The Hall–Kier alpha value is -3.42. The molecule has 0 saturated carbocycles. The van der Waals surface area contributed by atoms with Crippen molar-refractivity contribution in [2.75, 3.05) is 11.9 Å². The van der Waals surface area contributed by atoms with Crippen molar-refractivity contribution in [2.24, 2.45) is 12.8 Å². The molecule has 0 bridgehead atoms. The molecule has 0 saturated heterocycles. The highest BCUT2D eigenvalue weighted by Crippen LogP contribution is 2.26. The van der Waals surface area contributed by atoms with Gasteiger partial charge in [0.2, 0.25) is 0 Å². The van der Waals surface area contributed by atoms with E-state index < -0.39 is 10.8 Å². The van der Waals surface area contributed by atoms with Crippen molar-refractivity contribution in [1.29, 1.82) is 0 Å². The Kier molecular flexibility index (Phi) is 4.10. The second kappa shape index (κ2) is 6.23. The molecule has 25 heavy (non-hydrogen) atoms. The van der Waals surface area contributed by atoms with Crippen molar-refractivity contribution >= 4 is 28.3 Å². The zero-order valence-corrected chi connectivity index (χ0v) is 13.8. The fourth-order valence-electron chi connectivity index (χ4n) is 2.80. The summed E-state index contributed by atoms with van der Waals surface area (Å²) in [6.07, 6.45) is 0. The van der Waals surface area contributed by atoms with Gasteiger partial charge in [0.1, 0.15) is 5.82 Å². The minimum atomic E-state index is -0.712. The predicted molar refractivity (Wildman–Crippen MR) is 94.4 cm³/mol. The second-order valence-corrected chi connectivity index (χ2v) is 5.75. The molecule has 128 valence electrons. The number of carbonyl (C=O) groups is 1. The lowest BCUT2D eigenvalue weighted by Gasteiger charge is -2.21. The van der Waals surface area contributed by atoms with E-state index in [2.05, 4.69) is 4.98 Å². The number of rotatable bonds is 5. The van der Waals surface area contributed by atoms with Gasteiger partial charge >= 0.3 is 0 Å². The van der Waals surface area contributed by atoms with Crippen molar-refractivity contribution < 1.29 is 9.72 Å². The highest BCUT2D eigenvalue weighted by molar-refractivity contribution is 5.99. The number of nitro benzene ring substituents is 1. The standard InChI is InChI=1S/C17H17N5O3/c1-20(10-16-19-13-5-3-4-6-15(13)21(16)2)14-8-7-11(22(24)25)9-12(14)17(18)23/h3-9H,10H2,1-2H3,(H2,18,23). The summed E-state index contributed by atoms with van der Waals surface area (Å²) >= 11 is 0. The molecule has 3 aromatic rings. The summed E-state index contributed by atoms with van der Waals surface area (Å²) in [7, 11) is 3.70. The number of carbonyl (C=O) groups excluding carboxylic acids is 1. The molecular weight excluding hydrogens is 322 g/mol. The number of fused-ring (bicyclic) bond motifs is 1.